The van der Waals surface area contributed by atoms with Crippen LogP contribution in [-0.4, -0.2) is 68.4 Å². The molecule has 2 N–H and O–H groups in total. The van der Waals surface area contributed by atoms with Crippen LogP contribution < -0.4 is 0 Å². The number of carboxylic acids is 1. The van der Waals surface area contributed by atoms with Crippen LogP contribution >= 0.6 is 11.8 Å². The number of rotatable bonds is 3. The van der Waals surface area contributed by atoms with E-state index >= 15 is 0 Å². The second kappa shape index (κ2) is 6.68. The summed E-state index contributed by atoms with van der Waals surface area (Å²) >= 11 is 1.55. The van der Waals surface area contributed by atoms with Crippen molar-refractivity contribution in [3.63, 3.8) is 0 Å². The number of aromatic nitrogens is 1. The van der Waals surface area contributed by atoms with Crippen LogP contribution in [0.2, 0.25) is 0 Å². The van der Waals surface area contributed by atoms with E-state index < -0.39 is 17.9 Å². The maximum absolute atomic E-state index is 13.1. The van der Waals surface area contributed by atoms with E-state index in [1.165, 1.54) is 0 Å². The Kier molecular flexibility index (Phi) is 4.36. The van der Waals surface area contributed by atoms with E-state index in [1.54, 1.807) is 27.8 Å². The lowest BCUT2D eigenvalue weighted by Gasteiger charge is -2.27. The third-order valence-corrected chi connectivity index (χ3v) is 6.11. The number of H-pyrrole nitrogens is 1. The first-order chi connectivity index (χ1) is 12.6. The van der Waals surface area contributed by atoms with E-state index in [1.807, 2.05) is 24.3 Å². The van der Waals surface area contributed by atoms with Crippen LogP contribution in [0.1, 0.15) is 16.8 Å². The maximum atomic E-state index is 13.1. The zero-order chi connectivity index (χ0) is 18.3. The number of likely N-dealkylation sites (tertiary alicyclic amines) is 1. The SMILES string of the molecule is O=C(O)C1CCN(C(=O)C2CSCN2C(=O)c2c[nH]c3ccccc23)C1. The highest BCUT2D eigenvalue weighted by Gasteiger charge is 2.40. The number of carbonyl (C=O) groups excluding carboxylic acids is 2. The average molecular weight is 373 g/mol. The number of carbonyl (C=O) groups is 3. The number of amides is 2. The monoisotopic (exact) mass is 373 g/mol. The number of carboxylic acid groups (broad SMARTS) is 1. The number of hydrogen-bond donors (Lipinski definition) is 2. The van der Waals surface area contributed by atoms with Gasteiger partial charge in [-0.05, 0) is 12.5 Å². The fourth-order valence-electron chi connectivity index (χ4n) is 3.62. The molecule has 7 nitrogen and oxygen atoms in total. The minimum absolute atomic E-state index is 0.146. The predicted octanol–water partition coefficient (Wildman–Crippen LogP) is 1.62. The largest absolute Gasteiger partial charge is 0.481 e. The fourth-order valence-corrected chi connectivity index (χ4v) is 4.77. The van der Waals surface area contributed by atoms with Crippen LogP contribution in [0.4, 0.5) is 0 Å². The van der Waals surface area contributed by atoms with Gasteiger partial charge in [-0.2, -0.15) is 0 Å². The molecule has 2 unspecified atom stereocenters. The molecule has 2 amide bonds. The summed E-state index contributed by atoms with van der Waals surface area (Å²) in [5, 5.41) is 9.97. The van der Waals surface area contributed by atoms with Gasteiger partial charge in [0.05, 0.1) is 17.4 Å². The number of aliphatic carboxylic acids is 1. The van der Waals surface area contributed by atoms with Gasteiger partial charge in [0.25, 0.3) is 5.91 Å². The molecule has 8 heteroatoms. The summed E-state index contributed by atoms with van der Waals surface area (Å²) < 4.78 is 0. The molecule has 0 spiro atoms. The number of nitrogens with one attached hydrogen (secondary N) is 1. The molecule has 136 valence electrons. The highest BCUT2D eigenvalue weighted by Crippen LogP contribution is 2.28. The first-order valence-corrected chi connectivity index (χ1v) is 9.68. The van der Waals surface area contributed by atoms with Crippen LogP contribution in [0.15, 0.2) is 30.5 Å². The van der Waals surface area contributed by atoms with E-state index in [4.69, 9.17) is 5.11 Å². The third-order valence-electron chi connectivity index (χ3n) is 5.10. The Morgan fingerprint density at radius 3 is 2.81 bits per heavy atom. The molecular weight excluding hydrogens is 354 g/mol. The van der Waals surface area contributed by atoms with Gasteiger partial charge in [-0.1, -0.05) is 18.2 Å². The fraction of sp³-hybridized carbons (Fsp3) is 0.389. The molecule has 3 heterocycles. The minimum Gasteiger partial charge on any atom is -0.481 e. The molecule has 1 aromatic heterocycles. The van der Waals surface area contributed by atoms with E-state index in [-0.39, 0.29) is 18.4 Å². The number of fused-ring (bicyclic) bond motifs is 1. The molecule has 26 heavy (non-hydrogen) atoms. The Morgan fingerprint density at radius 1 is 1.23 bits per heavy atom. The Labute approximate surface area is 154 Å². The zero-order valence-corrected chi connectivity index (χ0v) is 14.9. The highest BCUT2D eigenvalue weighted by molar-refractivity contribution is 7.99. The molecular formula is C18H19N3O4S. The van der Waals surface area contributed by atoms with Crippen LogP contribution in [0.5, 0.6) is 0 Å². The van der Waals surface area contributed by atoms with Crippen molar-refractivity contribution in [3.05, 3.63) is 36.0 Å². The summed E-state index contributed by atoms with van der Waals surface area (Å²) in [4.78, 5) is 43.4. The summed E-state index contributed by atoms with van der Waals surface area (Å²) in [6, 6.07) is 7.04. The molecule has 2 saturated heterocycles. The summed E-state index contributed by atoms with van der Waals surface area (Å²) in [6.45, 7) is 0.663. The van der Waals surface area contributed by atoms with E-state index in [0.29, 0.717) is 30.2 Å². The van der Waals surface area contributed by atoms with Gasteiger partial charge in [-0.15, -0.1) is 11.8 Å². The van der Waals surface area contributed by atoms with Crippen LogP contribution in [0.3, 0.4) is 0 Å². The van der Waals surface area contributed by atoms with E-state index in [2.05, 4.69) is 4.98 Å². The molecule has 2 aliphatic rings. The van der Waals surface area contributed by atoms with Crippen molar-refractivity contribution in [2.45, 2.75) is 12.5 Å². The van der Waals surface area contributed by atoms with Crippen molar-refractivity contribution in [3.8, 4) is 0 Å². The Balaban J connectivity index is 1.54. The number of nitrogens with zero attached hydrogens (tertiary/aromatic N) is 2. The van der Waals surface area contributed by atoms with Crippen molar-refractivity contribution >= 4 is 40.4 Å². The van der Waals surface area contributed by atoms with E-state index in [9.17, 15) is 14.4 Å². The first kappa shape index (κ1) is 17.0. The van der Waals surface area contributed by atoms with Crippen molar-refractivity contribution < 1.29 is 19.5 Å². The zero-order valence-electron chi connectivity index (χ0n) is 14.1. The molecule has 0 bridgehead atoms. The van der Waals surface area contributed by atoms with Gasteiger partial charge in [0.2, 0.25) is 5.91 Å². The molecule has 2 aromatic rings. The first-order valence-electron chi connectivity index (χ1n) is 8.52. The quantitative estimate of drug-likeness (QED) is 0.853. The molecule has 2 aliphatic heterocycles. The van der Waals surface area contributed by atoms with Gasteiger partial charge in [-0.25, -0.2) is 0 Å². The van der Waals surface area contributed by atoms with Crippen LogP contribution in [0, 0.1) is 5.92 Å². The standard InChI is InChI=1S/C18H19N3O4S/c22-16(13-7-19-14-4-2-1-3-12(13)14)21-10-26-9-15(21)17(23)20-6-5-11(8-20)18(24)25/h1-4,7,11,15,19H,5-6,8-10H2,(H,24,25). The van der Waals surface area contributed by atoms with Crippen LogP contribution in [0.25, 0.3) is 10.9 Å². The van der Waals surface area contributed by atoms with Gasteiger partial charge in [-0.3, -0.25) is 14.4 Å². The number of thioether (sulfide) groups is 1. The number of hydrogen-bond acceptors (Lipinski definition) is 4. The summed E-state index contributed by atoms with van der Waals surface area (Å²) in [7, 11) is 0. The molecule has 1 aromatic carbocycles. The lowest BCUT2D eigenvalue weighted by molar-refractivity contribution is -0.141. The molecule has 2 fully saturated rings. The lowest BCUT2D eigenvalue weighted by atomic mass is 10.1. The minimum atomic E-state index is -0.868. The third kappa shape index (κ3) is 2.84. The molecule has 0 saturated carbocycles. The Hall–Kier alpha value is -2.48. The maximum Gasteiger partial charge on any atom is 0.308 e. The summed E-state index contributed by atoms with van der Waals surface area (Å²) in [6.07, 6.45) is 2.16. The number of aromatic amines is 1. The molecule has 0 aliphatic carbocycles. The normalized spacial score (nSPS) is 22.9. The second-order valence-corrected chi connectivity index (χ2v) is 7.65. The van der Waals surface area contributed by atoms with Gasteiger partial charge in [0.15, 0.2) is 0 Å². The Bertz CT molecular complexity index is 880. The van der Waals surface area contributed by atoms with Gasteiger partial charge in [0, 0.05) is 35.9 Å². The number of para-hydroxylation sites is 1. The van der Waals surface area contributed by atoms with Crippen molar-refractivity contribution in [1.29, 1.82) is 0 Å². The van der Waals surface area contributed by atoms with E-state index in [0.717, 1.165) is 10.9 Å². The molecule has 0 radical (unpaired) electrons. The smallest absolute Gasteiger partial charge is 0.308 e. The molecule has 2 atom stereocenters. The lowest BCUT2D eigenvalue weighted by Crippen LogP contribution is -2.48. The Morgan fingerprint density at radius 2 is 2.04 bits per heavy atom. The summed E-state index contributed by atoms with van der Waals surface area (Å²) in [5.41, 5.74) is 1.44. The second-order valence-electron chi connectivity index (χ2n) is 6.65. The van der Waals surface area contributed by atoms with Gasteiger partial charge < -0.3 is 19.9 Å². The summed E-state index contributed by atoms with van der Waals surface area (Å²) in [5.74, 6) is -0.683. The topological polar surface area (TPSA) is 93.7 Å². The highest BCUT2D eigenvalue weighted by atomic mass is 32.2. The van der Waals surface area contributed by atoms with Gasteiger partial charge in [0.1, 0.15) is 6.04 Å². The van der Waals surface area contributed by atoms with Crippen molar-refractivity contribution in [2.24, 2.45) is 5.92 Å². The van der Waals surface area contributed by atoms with Crippen molar-refractivity contribution in [2.75, 3.05) is 24.7 Å². The predicted molar refractivity (Wildman–Crippen MR) is 97.9 cm³/mol. The van der Waals surface area contributed by atoms with Crippen LogP contribution in [-0.2, 0) is 9.59 Å². The molecule has 4 rings (SSSR count). The van der Waals surface area contributed by atoms with Crippen molar-refractivity contribution in [1.82, 2.24) is 14.8 Å². The van der Waals surface area contributed by atoms with Gasteiger partial charge >= 0.3 is 5.97 Å². The number of benzene rings is 1. The average Bonchev–Trinajstić information content (AvgIpc) is 3.39.